The highest BCUT2D eigenvalue weighted by Gasteiger charge is 2.16. The van der Waals surface area contributed by atoms with E-state index in [0.717, 1.165) is 5.69 Å². The fourth-order valence-corrected chi connectivity index (χ4v) is 1.70. The van der Waals surface area contributed by atoms with Crippen LogP contribution in [0.2, 0.25) is 0 Å². The van der Waals surface area contributed by atoms with Crippen LogP contribution in [0.1, 0.15) is 11.4 Å². The topological polar surface area (TPSA) is 116 Å². The van der Waals surface area contributed by atoms with E-state index >= 15 is 0 Å². The van der Waals surface area contributed by atoms with Gasteiger partial charge >= 0.3 is 5.69 Å². The molecule has 0 aliphatic heterocycles. The van der Waals surface area contributed by atoms with E-state index in [2.05, 4.69) is 9.97 Å². The lowest BCUT2D eigenvalue weighted by Gasteiger charge is -1.99. The molecule has 0 amide bonds. The van der Waals surface area contributed by atoms with E-state index in [1.54, 1.807) is 6.92 Å². The molecule has 2 aromatic rings. The van der Waals surface area contributed by atoms with Crippen molar-refractivity contribution < 1.29 is 10.0 Å². The summed E-state index contributed by atoms with van der Waals surface area (Å²) < 4.78 is 0. The van der Waals surface area contributed by atoms with Crippen LogP contribution in [-0.2, 0) is 6.42 Å². The number of nitro benzene ring substituents is 1. The molecular weight excluding hydrogens is 248 g/mol. The van der Waals surface area contributed by atoms with E-state index in [1.807, 2.05) is 6.07 Å². The van der Waals surface area contributed by atoms with Gasteiger partial charge in [0.05, 0.1) is 23.1 Å². The second-order valence-corrected chi connectivity index (χ2v) is 3.95. The van der Waals surface area contributed by atoms with E-state index in [4.69, 9.17) is 5.26 Å². The lowest BCUT2D eigenvalue weighted by Crippen LogP contribution is -1.90. The Labute approximate surface area is 108 Å². The van der Waals surface area contributed by atoms with Gasteiger partial charge in [0.15, 0.2) is 5.75 Å². The number of phenolic OH excluding ortho intramolecular Hbond substituents is 1. The summed E-state index contributed by atoms with van der Waals surface area (Å²) >= 11 is 0. The number of hydrogen-bond acceptors (Lipinski definition) is 5. The molecule has 0 bridgehead atoms. The average molecular weight is 258 g/mol. The van der Waals surface area contributed by atoms with E-state index in [0.29, 0.717) is 17.1 Å². The molecule has 96 valence electrons. The van der Waals surface area contributed by atoms with E-state index < -0.39 is 10.7 Å². The lowest BCUT2D eigenvalue weighted by molar-refractivity contribution is -0.385. The minimum Gasteiger partial charge on any atom is -0.502 e. The standard InChI is InChI=1S/C12H10N4O3/c1-7-9(4-5-13)15-12(14-7)8-2-3-11(17)10(6-8)16(18)19/h2-3,6,17H,4H2,1H3,(H,14,15). The quantitative estimate of drug-likeness (QED) is 0.645. The summed E-state index contributed by atoms with van der Waals surface area (Å²) in [7, 11) is 0. The van der Waals surface area contributed by atoms with Gasteiger partial charge in [-0.25, -0.2) is 4.98 Å². The number of hydrogen-bond donors (Lipinski definition) is 2. The Morgan fingerprint density at radius 1 is 1.58 bits per heavy atom. The van der Waals surface area contributed by atoms with Crippen molar-refractivity contribution in [1.82, 2.24) is 9.97 Å². The highest BCUT2D eigenvalue weighted by molar-refractivity contribution is 5.63. The Hall–Kier alpha value is -2.88. The summed E-state index contributed by atoms with van der Waals surface area (Å²) in [4.78, 5) is 17.3. The molecule has 1 aromatic carbocycles. The third kappa shape index (κ3) is 2.37. The molecule has 0 fully saturated rings. The van der Waals surface area contributed by atoms with Crippen molar-refractivity contribution in [3.05, 3.63) is 39.7 Å². The summed E-state index contributed by atoms with van der Waals surface area (Å²) in [5.41, 5.74) is 1.45. The molecule has 0 spiro atoms. The van der Waals surface area contributed by atoms with Crippen LogP contribution in [0.5, 0.6) is 5.75 Å². The lowest BCUT2D eigenvalue weighted by atomic mass is 10.2. The number of aryl methyl sites for hydroxylation is 1. The number of imidazole rings is 1. The van der Waals surface area contributed by atoms with Crippen molar-refractivity contribution in [2.45, 2.75) is 13.3 Å². The molecule has 7 heteroatoms. The summed E-state index contributed by atoms with van der Waals surface area (Å²) in [6.45, 7) is 1.78. The number of nitrogens with zero attached hydrogens (tertiary/aromatic N) is 3. The normalized spacial score (nSPS) is 10.1. The predicted octanol–water partition coefficient (Wildman–Crippen LogP) is 2.06. The zero-order valence-corrected chi connectivity index (χ0v) is 10.0. The Kier molecular flexibility index (Phi) is 3.16. The molecule has 2 rings (SSSR count). The van der Waals surface area contributed by atoms with Gasteiger partial charge in [0.2, 0.25) is 0 Å². The van der Waals surface area contributed by atoms with Crippen molar-refractivity contribution in [1.29, 1.82) is 5.26 Å². The van der Waals surface area contributed by atoms with Gasteiger partial charge in [0, 0.05) is 17.3 Å². The molecule has 0 saturated heterocycles. The molecule has 0 aliphatic carbocycles. The number of H-pyrrole nitrogens is 1. The number of benzene rings is 1. The summed E-state index contributed by atoms with van der Waals surface area (Å²) in [5, 5.41) is 28.8. The number of nitrogens with one attached hydrogen (secondary N) is 1. The molecular formula is C12H10N4O3. The molecule has 0 saturated carbocycles. The minimum absolute atomic E-state index is 0.169. The molecule has 19 heavy (non-hydrogen) atoms. The van der Waals surface area contributed by atoms with Crippen LogP contribution in [-0.4, -0.2) is 20.0 Å². The van der Waals surface area contributed by atoms with Crippen LogP contribution in [0.3, 0.4) is 0 Å². The molecule has 0 atom stereocenters. The maximum absolute atomic E-state index is 10.8. The number of phenols is 1. The van der Waals surface area contributed by atoms with Gasteiger partial charge in [-0.2, -0.15) is 5.26 Å². The highest BCUT2D eigenvalue weighted by atomic mass is 16.6. The number of aromatic hydroxyl groups is 1. The molecule has 0 aliphatic rings. The minimum atomic E-state index is -0.662. The number of aromatic nitrogens is 2. The first-order valence-electron chi connectivity index (χ1n) is 5.43. The first-order valence-corrected chi connectivity index (χ1v) is 5.43. The van der Waals surface area contributed by atoms with Crippen molar-refractivity contribution >= 4 is 5.69 Å². The third-order valence-corrected chi connectivity index (χ3v) is 2.68. The first-order chi connectivity index (χ1) is 9.02. The fraction of sp³-hybridized carbons (Fsp3) is 0.167. The van der Waals surface area contributed by atoms with Crippen molar-refractivity contribution in [2.75, 3.05) is 0 Å². The second-order valence-electron chi connectivity index (χ2n) is 3.95. The van der Waals surface area contributed by atoms with Crippen LogP contribution in [0.25, 0.3) is 11.4 Å². The molecule has 1 heterocycles. The Bertz CT molecular complexity index is 685. The third-order valence-electron chi connectivity index (χ3n) is 2.68. The van der Waals surface area contributed by atoms with Gasteiger partial charge in [0.25, 0.3) is 0 Å². The van der Waals surface area contributed by atoms with Crippen LogP contribution in [0.4, 0.5) is 5.69 Å². The van der Waals surface area contributed by atoms with Gasteiger partial charge in [-0.15, -0.1) is 0 Å². The van der Waals surface area contributed by atoms with Gasteiger partial charge in [-0.1, -0.05) is 0 Å². The largest absolute Gasteiger partial charge is 0.502 e. The second kappa shape index (κ2) is 4.78. The van der Waals surface area contributed by atoms with Crippen molar-refractivity contribution in [3.63, 3.8) is 0 Å². The number of nitro groups is 1. The number of nitriles is 1. The van der Waals surface area contributed by atoms with Gasteiger partial charge in [-0.05, 0) is 19.1 Å². The maximum atomic E-state index is 10.8. The monoisotopic (exact) mass is 258 g/mol. The smallest absolute Gasteiger partial charge is 0.311 e. The van der Waals surface area contributed by atoms with Crippen LogP contribution in [0, 0.1) is 28.4 Å². The predicted molar refractivity (Wildman–Crippen MR) is 66.4 cm³/mol. The average Bonchev–Trinajstić information content (AvgIpc) is 2.72. The molecule has 2 N–H and O–H groups in total. The molecule has 0 radical (unpaired) electrons. The SMILES string of the molecule is Cc1[nH]c(-c2ccc(O)c([N+](=O)[O-])c2)nc1CC#N. The van der Waals surface area contributed by atoms with Crippen molar-refractivity contribution in [3.8, 4) is 23.2 Å². The molecule has 7 nitrogen and oxygen atoms in total. The number of aromatic amines is 1. The van der Waals surface area contributed by atoms with Crippen LogP contribution < -0.4 is 0 Å². The van der Waals surface area contributed by atoms with Gasteiger partial charge in [0.1, 0.15) is 5.82 Å². The zero-order chi connectivity index (χ0) is 14.0. The fourth-order valence-electron chi connectivity index (χ4n) is 1.70. The molecule has 0 unspecified atom stereocenters. The van der Waals surface area contributed by atoms with Crippen molar-refractivity contribution in [2.24, 2.45) is 0 Å². The van der Waals surface area contributed by atoms with Gasteiger partial charge < -0.3 is 10.1 Å². The van der Waals surface area contributed by atoms with E-state index in [9.17, 15) is 15.2 Å². The Morgan fingerprint density at radius 2 is 2.32 bits per heavy atom. The number of rotatable bonds is 3. The van der Waals surface area contributed by atoms with E-state index in [1.165, 1.54) is 18.2 Å². The summed E-state index contributed by atoms with van der Waals surface area (Å²) in [6, 6.07) is 6.01. The van der Waals surface area contributed by atoms with Crippen LogP contribution in [0.15, 0.2) is 18.2 Å². The Balaban J connectivity index is 2.48. The summed E-state index contributed by atoms with van der Waals surface area (Å²) in [6.07, 6.45) is 0.169. The van der Waals surface area contributed by atoms with Crippen LogP contribution >= 0.6 is 0 Å². The maximum Gasteiger partial charge on any atom is 0.311 e. The van der Waals surface area contributed by atoms with E-state index in [-0.39, 0.29) is 12.1 Å². The molecule has 1 aromatic heterocycles. The van der Waals surface area contributed by atoms with Gasteiger partial charge in [-0.3, -0.25) is 10.1 Å². The summed E-state index contributed by atoms with van der Waals surface area (Å²) in [5.74, 6) is 0.0418. The Morgan fingerprint density at radius 3 is 2.95 bits per heavy atom. The highest BCUT2D eigenvalue weighted by Crippen LogP contribution is 2.30. The first kappa shape index (κ1) is 12.6. The zero-order valence-electron chi connectivity index (χ0n) is 10.0.